The van der Waals surface area contributed by atoms with Gasteiger partial charge in [-0.05, 0) is 25.5 Å². The first-order chi connectivity index (χ1) is 19.6. The van der Waals surface area contributed by atoms with Crippen LogP contribution in [0, 0.1) is 6.92 Å². The zero-order chi connectivity index (χ0) is 28.7. The third-order valence-corrected chi connectivity index (χ3v) is 7.11. The maximum Gasteiger partial charge on any atom is 0.401 e. The van der Waals surface area contributed by atoms with E-state index in [9.17, 15) is 23.1 Å². The highest BCUT2D eigenvalue weighted by Gasteiger charge is 2.33. The largest absolute Gasteiger partial charge is 0.444 e. The van der Waals surface area contributed by atoms with Gasteiger partial charge in [0.05, 0.1) is 18.3 Å². The van der Waals surface area contributed by atoms with Crippen LogP contribution in [0.2, 0.25) is 0 Å². The van der Waals surface area contributed by atoms with Crippen LogP contribution >= 0.6 is 0 Å². The van der Waals surface area contributed by atoms with Crippen LogP contribution in [0.25, 0.3) is 22.7 Å². The first-order valence-electron chi connectivity index (χ1n) is 13.2. The van der Waals surface area contributed by atoms with E-state index in [1.54, 1.807) is 11.0 Å². The number of anilines is 3. The molecule has 6 rings (SSSR count). The summed E-state index contributed by atoms with van der Waals surface area (Å²) in [5, 5.41) is 13.0. The highest BCUT2D eigenvalue weighted by Crippen LogP contribution is 2.33. The molecule has 0 radical (unpaired) electrons. The van der Waals surface area contributed by atoms with Crippen molar-refractivity contribution in [3.05, 3.63) is 47.9 Å². The van der Waals surface area contributed by atoms with Gasteiger partial charge >= 0.3 is 6.18 Å². The number of piperazine rings is 1. The number of aryl methyl sites for hydroxylation is 1. The van der Waals surface area contributed by atoms with Crippen molar-refractivity contribution in [2.75, 3.05) is 60.9 Å². The van der Waals surface area contributed by atoms with Gasteiger partial charge in [0, 0.05) is 50.9 Å². The molecule has 1 aromatic carbocycles. The molecular weight excluding hydrogens is 543 g/mol. The van der Waals surface area contributed by atoms with E-state index < -0.39 is 24.7 Å². The molecule has 41 heavy (non-hydrogen) atoms. The van der Waals surface area contributed by atoms with Crippen molar-refractivity contribution in [3.63, 3.8) is 0 Å². The normalized spacial score (nSPS) is 18.4. The van der Waals surface area contributed by atoms with Crippen molar-refractivity contribution in [2.45, 2.75) is 25.6 Å². The summed E-state index contributed by atoms with van der Waals surface area (Å²) in [5.41, 5.74) is 2.77. The molecule has 11 nitrogen and oxygen atoms in total. The number of halogens is 3. The van der Waals surface area contributed by atoms with E-state index in [2.05, 4.69) is 20.3 Å². The molecule has 2 N–H and O–H groups in total. The van der Waals surface area contributed by atoms with Gasteiger partial charge in [-0.25, -0.2) is 9.97 Å². The summed E-state index contributed by atoms with van der Waals surface area (Å²) < 4.78 is 49.8. The van der Waals surface area contributed by atoms with Gasteiger partial charge in [0.1, 0.15) is 6.26 Å². The van der Waals surface area contributed by atoms with Crippen LogP contribution in [-0.2, 0) is 0 Å². The monoisotopic (exact) mass is 571 g/mol. The summed E-state index contributed by atoms with van der Waals surface area (Å²) in [5.74, 6) is 0.209. The fourth-order valence-corrected chi connectivity index (χ4v) is 5.07. The molecule has 1 amide bonds. The van der Waals surface area contributed by atoms with Crippen LogP contribution in [0.5, 0.6) is 0 Å². The third-order valence-electron chi connectivity index (χ3n) is 7.11. The Morgan fingerprint density at radius 2 is 1.90 bits per heavy atom. The third kappa shape index (κ3) is 5.98. The highest BCUT2D eigenvalue weighted by atomic mass is 19.4. The Balaban J connectivity index is 1.25. The topological polar surface area (TPSA) is 124 Å². The van der Waals surface area contributed by atoms with Crippen LogP contribution in [0.15, 0.2) is 45.4 Å². The molecule has 3 aromatic heterocycles. The number of amides is 1. The fourth-order valence-electron chi connectivity index (χ4n) is 5.07. The Kier molecular flexibility index (Phi) is 7.03. The molecule has 4 aromatic rings. The van der Waals surface area contributed by atoms with Gasteiger partial charge in [-0.3, -0.25) is 9.69 Å². The second-order valence-corrected chi connectivity index (χ2v) is 10.3. The quantitative estimate of drug-likeness (QED) is 0.354. The average molecular weight is 572 g/mol. The SMILES string of the molecule is Cc1cccc(-c2nc(C(=O)Nc3cc4oc(N5CCN(CC(F)(F)F)CC5)nc4nc3N3CCC(O)C3)co2)c1. The molecule has 0 bridgehead atoms. The van der Waals surface area contributed by atoms with Crippen molar-refractivity contribution in [2.24, 2.45) is 0 Å². The number of β-amino-alcohol motifs (C(OH)–C–C–N with tert-alkyl or cyclic N) is 1. The molecule has 1 atom stereocenters. The minimum atomic E-state index is -4.25. The molecule has 2 fully saturated rings. The maximum absolute atomic E-state index is 13.2. The van der Waals surface area contributed by atoms with Crippen LogP contribution in [0.3, 0.4) is 0 Å². The lowest BCUT2D eigenvalue weighted by Crippen LogP contribution is -2.49. The van der Waals surface area contributed by atoms with Crippen LogP contribution in [0.1, 0.15) is 22.5 Å². The molecule has 5 heterocycles. The first kappa shape index (κ1) is 27.0. The number of nitrogens with zero attached hydrogens (tertiary/aromatic N) is 6. The minimum absolute atomic E-state index is 0.0731. The van der Waals surface area contributed by atoms with E-state index in [-0.39, 0.29) is 30.4 Å². The van der Waals surface area contributed by atoms with Crippen molar-refractivity contribution < 1.29 is 31.9 Å². The number of hydrogen-bond acceptors (Lipinski definition) is 10. The van der Waals surface area contributed by atoms with Gasteiger partial charge in [0.25, 0.3) is 11.9 Å². The lowest BCUT2D eigenvalue weighted by atomic mass is 10.1. The molecule has 0 aliphatic carbocycles. The van der Waals surface area contributed by atoms with Crippen molar-refractivity contribution in [1.29, 1.82) is 0 Å². The van der Waals surface area contributed by atoms with Gasteiger partial charge in [0.2, 0.25) is 11.5 Å². The summed E-state index contributed by atoms with van der Waals surface area (Å²) in [6.07, 6.45) is -2.96. The zero-order valence-electron chi connectivity index (χ0n) is 22.2. The van der Waals surface area contributed by atoms with Crippen LogP contribution in [0.4, 0.5) is 30.7 Å². The Bertz CT molecular complexity index is 1560. The Hall–Kier alpha value is -4.17. The number of carbonyl (C=O) groups is 1. The molecule has 0 saturated carbocycles. The molecule has 2 aliphatic rings. The summed E-state index contributed by atoms with van der Waals surface area (Å²) in [4.78, 5) is 31.7. The number of benzene rings is 1. The number of aromatic nitrogens is 3. The average Bonchev–Trinajstić information content (AvgIpc) is 3.67. The first-order valence-corrected chi connectivity index (χ1v) is 13.2. The lowest BCUT2D eigenvalue weighted by molar-refractivity contribution is -0.146. The molecule has 14 heteroatoms. The standard InChI is InChI=1S/C27H28F3N7O4/c1-16-3-2-4-17(11-16)25-32-20(14-40-25)24(39)31-19-12-21-22(33-23(19)37-6-5-18(38)13-37)34-26(41-21)36-9-7-35(8-10-36)15-27(28,29)30/h2-4,11-12,14,18,38H,5-10,13,15H2,1H3,(H,31,39). The number of pyridine rings is 1. The summed E-state index contributed by atoms with van der Waals surface area (Å²) in [7, 11) is 0. The Morgan fingerprint density at radius 1 is 1.10 bits per heavy atom. The number of nitrogens with one attached hydrogen (secondary N) is 1. The number of carbonyl (C=O) groups excluding carboxylic acids is 1. The van der Waals surface area contributed by atoms with E-state index in [1.165, 1.54) is 11.2 Å². The summed E-state index contributed by atoms with van der Waals surface area (Å²) in [6, 6.07) is 9.42. The summed E-state index contributed by atoms with van der Waals surface area (Å²) >= 11 is 0. The second-order valence-electron chi connectivity index (χ2n) is 10.3. The number of hydrogen-bond donors (Lipinski definition) is 2. The Labute approximate surface area is 232 Å². The van der Waals surface area contributed by atoms with Gasteiger partial charge < -0.3 is 29.1 Å². The smallest absolute Gasteiger partial charge is 0.401 e. The van der Waals surface area contributed by atoms with Crippen molar-refractivity contribution in [1.82, 2.24) is 19.9 Å². The van der Waals surface area contributed by atoms with Gasteiger partial charge in [-0.2, -0.15) is 18.2 Å². The minimum Gasteiger partial charge on any atom is -0.444 e. The number of oxazole rings is 2. The number of aliphatic hydroxyl groups excluding tert-OH is 1. The van der Waals surface area contributed by atoms with E-state index in [0.29, 0.717) is 55.6 Å². The highest BCUT2D eigenvalue weighted by molar-refractivity contribution is 6.05. The number of alkyl halides is 3. The predicted octanol–water partition coefficient (Wildman–Crippen LogP) is 3.69. The van der Waals surface area contributed by atoms with E-state index >= 15 is 0 Å². The fraction of sp³-hybridized carbons (Fsp3) is 0.407. The van der Waals surface area contributed by atoms with Gasteiger partial charge in [0.15, 0.2) is 17.1 Å². The zero-order valence-corrected chi connectivity index (χ0v) is 22.2. The van der Waals surface area contributed by atoms with Crippen LogP contribution < -0.4 is 15.1 Å². The molecule has 0 spiro atoms. The summed E-state index contributed by atoms with van der Waals surface area (Å²) in [6.45, 7) is 2.90. The van der Waals surface area contributed by atoms with Crippen LogP contribution in [-0.4, -0.2) is 89.0 Å². The van der Waals surface area contributed by atoms with Gasteiger partial charge in [-0.1, -0.05) is 17.7 Å². The van der Waals surface area contributed by atoms with Gasteiger partial charge in [-0.15, -0.1) is 0 Å². The van der Waals surface area contributed by atoms with E-state index in [0.717, 1.165) is 11.1 Å². The Morgan fingerprint density at radius 3 is 2.61 bits per heavy atom. The molecule has 1 unspecified atom stereocenters. The number of aliphatic hydroxyl groups is 1. The van der Waals surface area contributed by atoms with E-state index in [1.807, 2.05) is 36.1 Å². The van der Waals surface area contributed by atoms with Crippen molar-refractivity contribution in [3.8, 4) is 11.5 Å². The van der Waals surface area contributed by atoms with E-state index in [4.69, 9.17) is 8.83 Å². The lowest BCUT2D eigenvalue weighted by Gasteiger charge is -2.33. The second kappa shape index (κ2) is 10.7. The number of rotatable bonds is 6. The molecular formula is C27H28F3N7O4. The molecule has 216 valence electrons. The maximum atomic E-state index is 13.2. The molecule has 2 aliphatic heterocycles. The molecule has 2 saturated heterocycles. The predicted molar refractivity (Wildman–Crippen MR) is 144 cm³/mol. The number of fused-ring (bicyclic) bond motifs is 1. The van der Waals surface area contributed by atoms with Crippen molar-refractivity contribution >= 4 is 34.7 Å².